The van der Waals surface area contributed by atoms with Crippen LogP contribution in [-0.4, -0.2) is 29.4 Å². The number of aryl methyl sites for hydroxylation is 1. The van der Waals surface area contributed by atoms with Crippen molar-refractivity contribution in [3.63, 3.8) is 0 Å². The molecular weight excluding hydrogens is 244 g/mol. The Labute approximate surface area is 112 Å². The molecule has 3 rings (SSSR count). The van der Waals surface area contributed by atoms with Gasteiger partial charge in [-0.1, -0.05) is 12.1 Å². The van der Waals surface area contributed by atoms with Gasteiger partial charge in [0.15, 0.2) is 0 Å². The van der Waals surface area contributed by atoms with E-state index in [1.54, 1.807) is 12.1 Å². The van der Waals surface area contributed by atoms with Crippen LogP contribution in [0.2, 0.25) is 0 Å². The van der Waals surface area contributed by atoms with Gasteiger partial charge in [-0.2, -0.15) is 0 Å². The second-order valence-corrected chi connectivity index (χ2v) is 5.37. The van der Waals surface area contributed by atoms with Gasteiger partial charge in [-0.25, -0.2) is 0 Å². The van der Waals surface area contributed by atoms with Crippen molar-refractivity contribution in [3.8, 4) is 5.75 Å². The zero-order chi connectivity index (χ0) is 13.2. The van der Waals surface area contributed by atoms with Gasteiger partial charge in [-0.3, -0.25) is 4.79 Å². The number of aromatic hydroxyl groups is 1. The Morgan fingerprint density at radius 2 is 1.95 bits per heavy atom. The van der Waals surface area contributed by atoms with E-state index in [-0.39, 0.29) is 24.3 Å². The van der Waals surface area contributed by atoms with Crippen molar-refractivity contribution in [1.82, 2.24) is 0 Å². The molecule has 0 spiro atoms. The fraction of sp³-hybridized carbons (Fsp3) is 0.533. The number of ether oxygens (including phenoxy) is 2. The maximum atomic E-state index is 11.3. The van der Waals surface area contributed by atoms with Gasteiger partial charge in [-0.05, 0) is 30.5 Å². The third-order valence-electron chi connectivity index (χ3n) is 3.82. The summed E-state index contributed by atoms with van der Waals surface area (Å²) in [5, 5.41) is 9.23. The predicted octanol–water partition coefficient (Wildman–Crippen LogP) is 2.19. The molecule has 0 amide bonds. The van der Waals surface area contributed by atoms with Crippen molar-refractivity contribution in [2.75, 3.05) is 0 Å². The standard InChI is InChI=1S/C15H18O4/c16-11-4-1-10(2-5-11)3-6-12-7-13-8-14(18-12)9-15(17)19-13/h1-2,4-5,12-14,16H,3,6-9H2/t12?,13-,14+/m0/s1. The van der Waals surface area contributed by atoms with Crippen molar-refractivity contribution >= 4 is 5.97 Å². The molecule has 0 saturated carbocycles. The summed E-state index contributed by atoms with van der Waals surface area (Å²) in [5.74, 6) is 0.164. The van der Waals surface area contributed by atoms with Crippen molar-refractivity contribution in [1.29, 1.82) is 0 Å². The van der Waals surface area contributed by atoms with Crippen LogP contribution in [0, 0.1) is 0 Å². The van der Waals surface area contributed by atoms with Crippen LogP contribution in [0.5, 0.6) is 5.75 Å². The Morgan fingerprint density at radius 3 is 2.68 bits per heavy atom. The summed E-state index contributed by atoms with van der Waals surface area (Å²) in [6, 6.07) is 7.26. The maximum absolute atomic E-state index is 11.3. The van der Waals surface area contributed by atoms with E-state index >= 15 is 0 Å². The van der Waals surface area contributed by atoms with Crippen LogP contribution in [0.15, 0.2) is 24.3 Å². The highest BCUT2D eigenvalue weighted by Gasteiger charge is 2.37. The third-order valence-corrected chi connectivity index (χ3v) is 3.82. The van der Waals surface area contributed by atoms with E-state index < -0.39 is 0 Å². The van der Waals surface area contributed by atoms with Gasteiger partial charge in [0, 0.05) is 12.8 Å². The lowest BCUT2D eigenvalue weighted by atomic mass is 9.93. The molecule has 1 unspecified atom stereocenters. The van der Waals surface area contributed by atoms with E-state index in [9.17, 15) is 9.90 Å². The summed E-state index contributed by atoms with van der Waals surface area (Å²) in [6.07, 6.45) is 4.15. The molecule has 1 aromatic carbocycles. The zero-order valence-electron chi connectivity index (χ0n) is 10.7. The smallest absolute Gasteiger partial charge is 0.308 e. The van der Waals surface area contributed by atoms with Gasteiger partial charge in [0.1, 0.15) is 11.9 Å². The Kier molecular flexibility index (Phi) is 3.42. The number of esters is 1. The quantitative estimate of drug-likeness (QED) is 0.848. The molecule has 1 aromatic rings. The number of phenolic OH excluding ortho intramolecular Hbond substituents is 1. The van der Waals surface area contributed by atoms with Crippen LogP contribution in [0.25, 0.3) is 0 Å². The number of rotatable bonds is 3. The lowest BCUT2D eigenvalue weighted by molar-refractivity contribution is -0.184. The number of carbonyl (C=O) groups excluding carboxylic acids is 1. The van der Waals surface area contributed by atoms with E-state index in [1.807, 2.05) is 12.1 Å². The molecule has 2 saturated heterocycles. The summed E-state index contributed by atoms with van der Waals surface area (Å²) < 4.78 is 11.2. The molecule has 0 aliphatic carbocycles. The van der Waals surface area contributed by atoms with E-state index in [0.717, 1.165) is 25.7 Å². The minimum atomic E-state index is -0.127. The van der Waals surface area contributed by atoms with Crippen molar-refractivity contribution in [2.45, 2.75) is 50.4 Å². The van der Waals surface area contributed by atoms with E-state index in [2.05, 4.69) is 0 Å². The number of hydrogen-bond donors (Lipinski definition) is 1. The first-order valence-corrected chi connectivity index (χ1v) is 6.82. The normalized spacial score (nSPS) is 29.9. The van der Waals surface area contributed by atoms with E-state index in [1.165, 1.54) is 5.56 Å². The molecule has 0 aromatic heterocycles. The van der Waals surface area contributed by atoms with Crippen LogP contribution >= 0.6 is 0 Å². The molecule has 2 aliphatic heterocycles. The monoisotopic (exact) mass is 262 g/mol. The number of phenols is 1. The minimum absolute atomic E-state index is 0.0461. The van der Waals surface area contributed by atoms with E-state index in [0.29, 0.717) is 12.2 Å². The molecule has 4 nitrogen and oxygen atoms in total. The summed E-state index contributed by atoms with van der Waals surface area (Å²) in [4.78, 5) is 11.3. The summed E-state index contributed by atoms with van der Waals surface area (Å²) in [7, 11) is 0. The zero-order valence-corrected chi connectivity index (χ0v) is 10.7. The van der Waals surface area contributed by atoms with Crippen LogP contribution in [-0.2, 0) is 20.7 Å². The summed E-state index contributed by atoms with van der Waals surface area (Å²) in [5.41, 5.74) is 1.19. The minimum Gasteiger partial charge on any atom is -0.508 e. The van der Waals surface area contributed by atoms with Crippen molar-refractivity contribution < 1.29 is 19.4 Å². The van der Waals surface area contributed by atoms with Crippen molar-refractivity contribution in [3.05, 3.63) is 29.8 Å². The Hall–Kier alpha value is -1.55. The molecule has 102 valence electrons. The molecule has 0 radical (unpaired) electrons. The number of benzene rings is 1. The topological polar surface area (TPSA) is 55.8 Å². The highest BCUT2D eigenvalue weighted by atomic mass is 16.6. The lowest BCUT2D eigenvalue weighted by Crippen LogP contribution is -2.43. The SMILES string of the molecule is O=C1C[C@H]2C[C@H](CC(CCc3ccc(O)cc3)O2)O1. The Morgan fingerprint density at radius 1 is 1.16 bits per heavy atom. The second kappa shape index (κ2) is 5.21. The number of fused-ring (bicyclic) bond motifs is 2. The molecule has 2 heterocycles. The average Bonchev–Trinajstić information content (AvgIpc) is 2.37. The fourth-order valence-corrected chi connectivity index (χ4v) is 2.89. The third kappa shape index (κ3) is 3.07. The molecule has 4 heteroatoms. The van der Waals surface area contributed by atoms with Gasteiger partial charge in [0.2, 0.25) is 0 Å². The van der Waals surface area contributed by atoms with Crippen LogP contribution in [0.4, 0.5) is 0 Å². The number of carbonyl (C=O) groups is 1. The highest BCUT2D eigenvalue weighted by Crippen LogP contribution is 2.30. The molecule has 19 heavy (non-hydrogen) atoms. The summed E-state index contributed by atoms with van der Waals surface area (Å²) in [6.45, 7) is 0. The van der Waals surface area contributed by atoms with Crippen LogP contribution < -0.4 is 0 Å². The predicted molar refractivity (Wildman–Crippen MR) is 68.8 cm³/mol. The summed E-state index contributed by atoms with van der Waals surface area (Å²) >= 11 is 0. The lowest BCUT2D eigenvalue weighted by Gasteiger charge is -2.38. The Bertz CT molecular complexity index is 438. The molecule has 3 atom stereocenters. The first-order valence-electron chi connectivity index (χ1n) is 6.82. The van der Waals surface area contributed by atoms with Gasteiger partial charge < -0.3 is 14.6 Å². The second-order valence-electron chi connectivity index (χ2n) is 5.37. The fourth-order valence-electron chi connectivity index (χ4n) is 2.89. The first kappa shape index (κ1) is 12.5. The van der Waals surface area contributed by atoms with Crippen LogP contribution in [0.1, 0.15) is 31.2 Å². The van der Waals surface area contributed by atoms with Gasteiger partial charge in [-0.15, -0.1) is 0 Å². The van der Waals surface area contributed by atoms with Gasteiger partial charge in [0.25, 0.3) is 0 Å². The van der Waals surface area contributed by atoms with Gasteiger partial charge in [0.05, 0.1) is 18.6 Å². The molecule has 2 fully saturated rings. The largest absolute Gasteiger partial charge is 0.508 e. The number of hydrogen-bond acceptors (Lipinski definition) is 4. The Balaban J connectivity index is 1.54. The van der Waals surface area contributed by atoms with Crippen LogP contribution in [0.3, 0.4) is 0 Å². The molecule has 2 aliphatic rings. The molecule has 1 N–H and O–H groups in total. The average molecular weight is 262 g/mol. The van der Waals surface area contributed by atoms with E-state index in [4.69, 9.17) is 9.47 Å². The molecule has 2 bridgehead atoms. The molecular formula is C15H18O4. The van der Waals surface area contributed by atoms with Crippen molar-refractivity contribution in [2.24, 2.45) is 0 Å². The highest BCUT2D eigenvalue weighted by molar-refractivity contribution is 5.71. The first-order chi connectivity index (χ1) is 9.19. The van der Waals surface area contributed by atoms with Gasteiger partial charge >= 0.3 is 5.97 Å². The maximum Gasteiger partial charge on any atom is 0.308 e.